The molecular formula is C42H70N2O5. The van der Waals surface area contributed by atoms with Crippen LogP contribution in [0, 0.1) is 0 Å². The molecule has 0 amide bonds. The SMILES string of the molecule is C=C=C=C=C=C=C=C=C=CC(O)CN(CCOCCOCCNCC(O)CCCCCCCCCC)CC(O)CCCCCCCCCC. The van der Waals surface area contributed by atoms with Gasteiger partial charge in [-0.2, -0.15) is 0 Å². The molecule has 0 saturated heterocycles. The Morgan fingerprint density at radius 1 is 0.612 bits per heavy atom. The van der Waals surface area contributed by atoms with Crippen molar-refractivity contribution in [3.8, 4) is 0 Å². The van der Waals surface area contributed by atoms with Crippen LogP contribution in [0.2, 0.25) is 0 Å². The Hall–Kier alpha value is -2.30. The molecule has 7 heteroatoms. The Morgan fingerprint density at radius 3 is 1.71 bits per heavy atom. The van der Waals surface area contributed by atoms with Gasteiger partial charge in [-0.15, -0.1) is 0 Å². The number of nitrogens with one attached hydrogen (secondary N) is 1. The maximum Gasteiger partial charge on any atom is 0.0927 e. The van der Waals surface area contributed by atoms with Crippen LogP contribution in [0.3, 0.4) is 0 Å². The third kappa shape index (κ3) is 36.8. The van der Waals surface area contributed by atoms with E-state index in [-0.39, 0.29) is 6.10 Å². The van der Waals surface area contributed by atoms with Gasteiger partial charge in [0, 0.05) is 32.7 Å². The van der Waals surface area contributed by atoms with Crippen LogP contribution in [0.5, 0.6) is 0 Å². The summed E-state index contributed by atoms with van der Waals surface area (Å²) in [5, 5.41) is 34.7. The second-order valence-electron chi connectivity index (χ2n) is 12.8. The fraction of sp³-hybridized carbons (Fsp3) is 0.762. The number of unbranched alkanes of at least 4 members (excludes halogenated alkanes) is 14. The summed E-state index contributed by atoms with van der Waals surface area (Å²) in [5.74, 6) is 0. The first-order chi connectivity index (χ1) is 24.0. The normalized spacial score (nSPS) is 12.4. The quantitative estimate of drug-likeness (QED) is 0.0413. The van der Waals surface area contributed by atoms with Crippen molar-refractivity contribution >= 4 is 0 Å². The zero-order valence-electron chi connectivity index (χ0n) is 31.2. The lowest BCUT2D eigenvalue weighted by atomic mass is 10.1. The lowest BCUT2D eigenvalue weighted by Crippen LogP contribution is -2.39. The van der Waals surface area contributed by atoms with E-state index >= 15 is 0 Å². The monoisotopic (exact) mass is 683 g/mol. The highest BCUT2D eigenvalue weighted by molar-refractivity contribution is 4.93. The highest BCUT2D eigenvalue weighted by atomic mass is 16.5. The van der Waals surface area contributed by atoms with Crippen LogP contribution in [-0.4, -0.2) is 97.7 Å². The summed E-state index contributed by atoms with van der Waals surface area (Å²) < 4.78 is 11.5. The van der Waals surface area contributed by atoms with Crippen molar-refractivity contribution in [3.63, 3.8) is 0 Å². The first-order valence-corrected chi connectivity index (χ1v) is 19.3. The Labute approximate surface area is 299 Å². The molecule has 0 aromatic carbocycles. The molecule has 49 heavy (non-hydrogen) atoms. The maximum atomic E-state index is 10.7. The summed E-state index contributed by atoms with van der Waals surface area (Å²) >= 11 is 0. The van der Waals surface area contributed by atoms with Crippen LogP contribution < -0.4 is 5.32 Å². The molecule has 0 aliphatic carbocycles. The Morgan fingerprint density at radius 2 is 1.12 bits per heavy atom. The van der Waals surface area contributed by atoms with Crippen LogP contribution in [0.1, 0.15) is 129 Å². The molecule has 7 nitrogen and oxygen atoms in total. The van der Waals surface area contributed by atoms with Crippen LogP contribution in [0.4, 0.5) is 0 Å². The summed E-state index contributed by atoms with van der Waals surface area (Å²) in [7, 11) is 0. The fourth-order valence-electron chi connectivity index (χ4n) is 5.37. The smallest absolute Gasteiger partial charge is 0.0927 e. The van der Waals surface area contributed by atoms with Gasteiger partial charge in [0.2, 0.25) is 0 Å². The van der Waals surface area contributed by atoms with Crippen molar-refractivity contribution in [2.24, 2.45) is 0 Å². The number of aliphatic hydroxyl groups is 3. The van der Waals surface area contributed by atoms with E-state index in [1.807, 2.05) is 4.90 Å². The summed E-state index contributed by atoms with van der Waals surface area (Å²) in [6.07, 6.45) is 21.6. The van der Waals surface area contributed by atoms with Crippen molar-refractivity contribution in [1.29, 1.82) is 0 Å². The van der Waals surface area contributed by atoms with E-state index in [0.717, 1.165) is 32.1 Å². The number of rotatable bonds is 34. The fourth-order valence-corrected chi connectivity index (χ4v) is 5.37. The summed E-state index contributed by atoms with van der Waals surface area (Å²) in [6.45, 7) is 12.5. The zero-order valence-corrected chi connectivity index (χ0v) is 31.2. The van der Waals surface area contributed by atoms with Crippen LogP contribution >= 0.6 is 0 Å². The molecule has 0 aliphatic rings. The van der Waals surface area contributed by atoms with E-state index in [2.05, 4.69) is 71.6 Å². The van der Waals surface area contributed by atoms with E-state index in [0.29, 0.717) is 59.2 Å². The third-order valence-electron chi connectivity index (χ3n) is 8.17. The molecule has 0 aromatic heterocycles. The molecule has 0 heterocycles. The highest BCUT2D eigenvalue weighted by Crippen LogP contribution is 2.12. The number of aliphatic hydroxyl groups excluding tert-OH is 3. The molecule has 0 spiro atoms. The van der Waals surface area contributed by atoms with Crippen molar-refractivity contribution in [2.45, 2.75) is 148 Å². The molecule has 0 aromatic rings. The van der Waals surface area contributed by atoms with Crippen LogP contribution in [-0.2, 0) is 9.47 Å². The molecule has 0 bridgehead atoms. The molecule has 0 radical (unpaired) electrons. The number of hydrogen-bond donors (Lipinski definition) is 4. The number of hydrogen-bond acceptors (Lipinski definition) is 7. The molecular weight excluding hydrogens is 612 g/mol. The predicted octanol–water partition coefficient (Wildman–Crippen LogP) is 7.48. The minimum absolute atomic E-state index is 0.300. The largest absolute Gasteiger partial charge is 0.392 e. The van der Waals surface area contributed by atoms with Gasteiger partial charge in [0.25, 0.3) is 0 Å². The molecule has 0 fully saturated rings. The average molecular weight is 683 g/mol. The minimum atomic E-state index is -0.789. The predicted molar refractivity (Wildman–Crippen MR) is 202 cm³/mol. The Kier molecular flexibility index (Phi) is 36.7. The molecule has 4 N–H and O–H groups in total. The van der Waals surface area contributed by atoms with E-state index in [9.17, 15) is 15.3 Å². The van der Waals surface area contributed by atoms with Crippen molar-refractivity contribution in [3.05, 3.63) is 58.5 Å². The van der Waals surface area contributed by atoms with Crippen molar-refractivity contribution < 1.29 is 24.8 Å². The molecule has 0 rings (SSSR count). The third-order valence-corrected chi connectivity index (χ3v) is 8.17. The first-order valence-electron chi connectivity index (χ1n) is 19.3. The average Bonchev–Trinajstić information content (AvgIpc) is 3.09. The zero-order chi connectivity index (χ0) is 35.9. The topological polar surface area (TPSA) is 94.4 Å². The van der Waals surface area contributed by atoms with Crippen molar-refractivity contribution in [1.82, 2.24) is 10.2 Å². The molecule has 3 atom stereocenters. The number of nitrogens with zero attached hydrogens (tertiary/aromatic N) is 1. The molecule has 278 valence electrons. The van der Waals surface area contributed by atoms with Gasteiger partial charge in [-0.05, 0) is 59.9 Å². The van der Waals surface area contributed by atoms with Crippen molar-refractivity contribution in [2.75, 3.05) is 59.2 Å². The van der Waals surface area contributed by atoms with E-state index < -0.39 is 12.2 Å². The second kappa shape index (κ2) is 38.5. The first kappa shape index (κ1) is 46.7. The van der Waals surface area contributed by atoms with E-state index in [1.165, 1.54) is 89.5 Å². The van der Waals surface area contributed by atoms with Crippen LogP contribution in [0.25, 0.3) is 0 Å². The van der Waals surface area contributed by atoms with Gasteiger partial charge in [-0.3, -0.25) is 4.90 Å². The van der Waals surface area contributed by atoms with E-state index in [1.54, 1.807) is 0 Å². The lowest BCUT2D eigenvalue weighted by molar-refractivity contribution is 0.0241. The van der Waals surface area contributed by atoms with Gasteiger partial charge in [-0.25, -0.2) is 0 Å². The summed E-state index contributed by atoms with van der Waals surface area (Å²) in [4.78, 5) is 2.02. The van der Waals surface area contributed by atoms with Gasteiger partial charge in [0.1, 0.15) is 0 Å². The molecule has 0 saturated carbocycles. The second-order valence-corrected chi connectivity index (χ2v) is 12.8. The molecule has 0 aliphatic heterocycles. The van der Waals surface area contributed by atoms with Gasteiger partial charge < -0.3 is 30.1 Å². The summed E-state index contributed by atoms with van der Waals surface area (Å²) in [5.41, 5.74) is 20.6. The lowest BCUT2D eigenvalue weighted by Gasteiger charge is -2.26. The van der Waals surface area contributed by atoms with Gasteiger partial charge in [-0.1, -0.05) is 128 Å². The van der Waals surface area contributed by atoms with E-state index in [4.69, 9.17) is 9.47 Å². The Balaban J connectivity index is 4.39. The highest BCUT2D eigenvalue weighted by Gasteiger charge is 2.15. The number of ether oxygens (including phenoxy) is 2. The standard InChI is InChI=1S/C42H70N2O5/c1-4-7-10-13-16-19-22-25-28-40(45)37-43-31-33-48-35-36-49-34-32-44(38-41(46)29-26-23-20-17-14-11-8-5-2)39-42(47)30-27-24-21-18-15-12-9-6-3/h29,40-43,45-47H,2,4,6-7,9-10,12-13,15-16,18-19,21-22,24-25,27-28,30-39H2,1,3H3. The van der Waals surface area contributed by atoms with Crippen LogP contribution in [0.15, 0.2) is 58.5 Å². The molecule has 3 unspecified atom stereocenters. The summed E-state index contributed by atoms with van der Waals surface area (Å²) in [6, 6.07) is 0. The van der Waals surface area contributed by atoms with Gasteiger partial charge >= 0.3 is 0 Å². The van der Waals surface area contributed by atoms with Gasteiger partial charge in [0.15, 0.2) is 0 Å². The van der Waals surface area contributed by atoms with Gasteiger partial charge in [0.05, 0.1) is 44.7 Å². The minimum Gasteiger partial charge on any atom is -0.392 e. The Bertz CT molecular complexity index is 1060. The maximum absolute atomic E-state index is 10.7.